The first kappa shape index (κ1) is 17.5. The molecule has 29 heavy (non-hydrogen) atoms. The molecule has 1 aromatic heterocycles. The van der Waals surface area contributed by atoms with Gasteiger partial charge in [-0.05, 0) is 61.9 Å². The van der Waals surface area contributed by atoms with Gasteiger partial charge in [-0.2, -0.15) is 0 Å². The molecule has 7 heteroatoms. The Hall–Kier alpha value is -3.61. The number of nitrogens with one attached hydrogen (secondary N) is 4. The summed E-state index contributed by atoms with van der Waals surface area (Å²) >= 11 is 0. The SMILES string of the molecule is Cc1ccc(CNC(=O)c2cccc(NC3=CC=C(C4=CC5CC5O4)NN3)c2)o1.[HH].[HH]. The molecule has 0 bridgehead atoms. The van der Waals surface area contributed by atoms with Crippen molar-refractivity contribution in [3.05, 3.63) is 89.0 Å². The summed E-state index contributed by atoms with van der Waals surface area (Å²) in [6.07, 6.45) is 7.59. The Bertz CT molecular complexity index is 1060. The average molecular weight is 394 g/mol. The van der Waals surface area contributed by atoms with Crippen LogP contribution in [0.2, 0.25) is 0 Å². The fourth-order valence-corrected chi connectivity index (χ4v) is 3.40. The molecule has 4 N–H and O–H groups in total. The van der Waals surface area contributed by atoms with Crippen LogP contribution in [0.15, 0.2) is 76.3 Å². The number of benzene rings is 1. The van der Waals surface area contributed by atoms with Crippen LogP contribution in [0.1, 0.15) is 31.2 Å². The number of rotatable bonds is 6. The van der Waals surface area contributed by atoms with Gasteiger partial charge in [0.05, 0.1) is 12.2 Å². The number of carbonyl (C=O) groups excluding carboxylic acids is 1. The Kier molecular flexibility index (Phi) is 4.27. The molecule has 152 valence electrons. The van der Waals surface area contributed by atoms with Gasteiger partial charge in [0.1, 0.15) is 29.2 Å². The number of anilines is 1. The molecule has 0 spiro atoms. The highest BCUT2D eigenvalue weighted by atomic mass is 16.5. The van der Waals surface area contributed by atoms with E-state index in [1.54, 1.807) is 12.1 Å². The van der Waals surface area contributed by atoms with Crippen molar-refractivity contribution in [3.8, 4) is 0 Å². The van der Waals surface area contributed by atoms with E-state index in [9.17, 15) is 4.79 Å². The summed E-state index contributed by atoms with van der Waals surface area (Å²) in [6, 6.07) is 11.1. The highest BCUT2D eigenvalue weighted by Crippen LogP contribution is 2.44. The maximum Gasteiger partial charge on any atom is 0.251 e. The molecule has 1 aliphatic carbocycles. The number of carbonyl (C=O) groups is 1. The van der Waals surface area contributed by atoms with Crippen LogP contribution in [0.25, 0.3) is 0 Å². The van der Waals surface area contributed by atoms with Gasteiger partial charge in [0, 0.05) is 20.0 Å². The lowest BCUT2D eigenvalue weighted by atomic mass is 10.2. The molecule has 2 atom stereocenters. The zero-order chi connectivity index (χ0) is 19.8. The summed E-state index contributed by atoms with van der Waals surface area (Å²) in [6.45, 7) is 2.23. The van der Waals surface area contributed by atoms with E-state index < -0.39 is 0 Å². The van der Waals surface area contributed by atoms with Crippen molar-refractivity contribution in [3.63, 3.8) is 0 Å². The number of hydrogen-bond acceptors (Lipinski definition) is 6. The minimum atomic E-state index is -0.155. The summed E-state index contributed by atoms with van der Waals surface area (Å²) < 4.78 is 11.3. The number of furan rings is 1. The Morgan fingerprint density at radius 2 is 2.17 bits per heavy atom. The monoisotopic (exact) mass is 394 g/mol. The summed E-state index contributed by atoms with van der Waals surface area (Å²) in [4.78, 5) is 12.4. The third-order valence-corrected chi connectivity index (χ3v) is 5.06. The van der Waals surface area contributed by atoms with Crippen LogP contribution < -0.4 is 21.5 Å². The predicted molar refractivity (Wildman–Crippen MR) is 112 cm³/mol. The van der Waals surface area contributed by atoms with Crippen LogP contribution in [0, 0.1) is 12.8 Å². The van der Waals surface area contributed by atoms with E-state index in [1.165, 1.54) is 0 Å². The van der Waals surface area contributed by atoms with E-state index in [-0.39, 0.29) is 8.76 Å². The number of amides is 1. The first-order valence-corrected chi connectivity index (χ1v) is 9.67. The molecular weight excluding hydrogens is 368 g/mol. The molecule has 2 unspecified atom stereocenters. The Labute approximate surface area is 171 Å². The van der Waals surface area contributed by atoms with Gasteiger partial charge in [0.15, 0.2) is 0 Å². The normalized spacial score (nSPS) is 21.5. The second-order valence-corrected chi connectivity index (χ2v) is 7.40. The van der Waals surface area contributed by atoms with Crippen LogP contribution in [-0.4, -0.2) is 12.0 Å². The lowest BCUT2D eigenvalue weighted by Crippen LogP contribution is -2.36. The smallest absolute Gasteiger partial charge is 0.251 e. The first-order chi connectivity index (χ1) is 14.1. The van der Waals surface area contributed by atoms with E-state index in [2.05, 4.69) is 27.6 Å². The minimum Gasteiger partial charge on any atom is -0.488 e. The van der Waals surface area contributed by atoms with Crippen molar-refractivity contribution in [2.75, 3.05) is 5.32 Å². The largest absolute Gasteiger partial charge is 0.488 e. The van der Waals surface area contributed by atoms with Gasteiger partial charge in [-0.3, -0.25) is 15.6 Å². The van der Waals surface area contributed by atoms with Gasteiger partial charge in [0.25, 0.3) is 5.91 Å². The van der Waals surface area contributed by atoms with E-state index in [0.29, 0.717) is 24.1 Å². The number of allylic oxidation sites excluding steroid dienone is 2. The second-order valence-electron chi connectivity index (χ2n) is 7.40. The van der Waals surface area contributed by atoms with Gasteiger partial charge < -0.3 is 19.8 Å². The fourth-order valence-electron chi connectivity index (χ4n) is 3.40. The molecule has 1 fully saturated rings. The second kappa shape index (κ2) is 7.09. The topological polar surface area (TPSA) is 87.6 Å². The zero-order valence-electron chi connectivity index (χ0n) is 16.0. The Morgan fingerprint density at radius 3 is 2.90 bits per heavy atom. The maximum atomic E-state index is 12.4. The standard InChI is InChI=1S/C22H22N4O3.2H2/c1-13-5-6-17(28-13)12-23-22(27)14-3-2-4-16(9-14)24-21-8-7-18(25-26-21)20-11-15-10-19(15)29-20;;/h2-9,11,15,19,24-26H,10,12H2,1H3,(H,23,27);2*1H. The first-order valence-electron chi connectivity index (χ1n) is 9.67. The lowest BCUT2D eigenvalue weighted by molar-refractivity contribution is 0.0948. The van der Waals surface area contributed by atoms with Crippen LogP contribution in [0.4, 0.5) is 5.69 Å². The van der Waals surface area contributed by atoms with Crippen molar-refractivity contribution in [1.29, 1.82) is 0 Å². The van der Waals surface area contributed by atoms with E-state index in [0.717, 1.165) is 40.9 Å². The molecule has 3 heterocycles. The van der Waals surface area contributed by atoms with Crippen molar-refractivity contribution in [2.24, 2.45) is 5.92 Å². The van der Waals surface area contributed by atoms with Gasteiger partial charge in [-0.25, -0.2) is 0 Å². The lowest BCUT2D eigenvalue weighted by Gasteiger charge is -2.21. The molecule has 1 aromatic carbocycles. The fraction of sp³-hybridized carbons (Fsp3) is 0.227. The number of fused-ring (bicyclic) bond motifs is 1. The summed E-state index contributed by atoms with van der Waals surface area (Å²) in [7, 11) is 0. The summed E-state index contributed by atoms with van der Waals surface area (Å²) in [5.41, 5.74) is 8.57. The van der Waals surface area contributed by atoms with Gasteiger partial charge in [-0.15, -0.1) is 0 Å². The number of hydrogen-bond donors (Lipinski definition) is 4. The molecule has 1 saturated carbocycles. The number of ether oxygens (including phenoxy) is 1. The zero-order valence-corrected chi connectivity index (χ0v) is 16.0. The van der Waals surface area contributed by atoms with E-state index >= 15 is 0 Å². The third-order valence-electron chi connectivity index (χ3n) is 5.06. The molecule has 7 nitrogen and oxygen atoms in total. The van der Waals surface area contributed by atoms with Crippen molar-refractivity contribution >= 4 is 11.6 Å². The maximum absolute atomic E-state index is 12.4. The number of aryl methyl sites for hydroxylation is 1. The van der Waals surface area contributed by atoms with Gasteiger partial charge in [-0.1, -0.05) is 6.07 Å². The molecule has 5 rings (SSSR count). The summed E-state index contributed by atoms with van der Waals surface area (Å²) in [5.74, 6) is 3.67. The van der Waals surface area contributed by atoms with E-state index in [1.807, 2.05) is 43.3 Å². The Balaban J connectivity index is 0.00000136. The average Bonchev–Trinajstić information content (AvgIpc) is 3.13. The molecule has 0 radical (unpaired) electrons. The molecule has 0 saturated heterocycles. The van der Waals surface area contributed by atoms with E-state index in [4.69, 9.17) is 9.15 Å². The van der Waals surface area contributed by atoms with Crippen LogP contribution in [-0.2, 0) is 11.3 Å². The third kappa shape index (κ3) is 3.85. The van der Waals surface area contributed by atoms with Crippen LogP contribution in [0.5, 0.6) is 0 Å². The minimum absolute atomic E-state index is 0. The Morgan fingerprint density at radius 1 is 1.24 bits per heavy atom. The van der Waals surface area contributed by atoms with Crippen LogP contribution in [0.3, 0.4) is 0 Å². The quantitative estimate of drug-likeness (QED) is 0.599. The molecule has 1 amide bonds. The van der Waals surface area contributed by atoms with Crippen molar-refractivity contribution < 1.29 is 16.8 Å². The van der Waals surface area contributed by atoms with Gasteiger partial charge in [0.2, 0.25) is 0 Å². The predicted octanol–water partition coefficient (Wildman–Crippen LogP) is 3.56. The molecule has 2 aromatic rings. The van der Waals surface area contributed by atoms with Crippen molar-refractivity contribution in [2.45, 2.75) is 26.0 Å². The molecular formula is C22H26N4O3. The van der Waals surface area contributed by atoms with Crippen molar-refractivity contribution in [1.82, 2.24) is 16.2 Å². The highest BCUT2D eigenvalue weighted by Gasteiger charge is 2.44. The summed E-state index contributed by atoms with van der Waals surface area (Å²) in [5, 5.41) is 6.14. The van der Waals surface area contributed by atoms with Gasteiger partial charge >= 0.3 is 0 Å². The number of hydrazine groups is 1. The molecule has 3 aliphatic rings. The molecule has 2 aliphatic heterocycles. The van der Waals surface area contributed by atoms with Crippen LogP contribution >= 0.6 is 0 Å². The highest BCUT2D eigenvalue weighted by molar-refractivity contribution is 5.95.